The first-order chi connectivity index (χ1) is 14.0. The summed E-state index contributed by atoms with van der Waals surface area (Å²) in [5, 5.41) is 4.40. The Morgan fingerprint density at radius 3 is 2.03 bits per heavy atom. The first-order valence-corrected chi connectivity index (χ1v) is 9.48. The van der Waals surface area contributed by atoms with Crippen molar-refractivity contribution in [1.29, 1.82) is 0 Å². The zero-order chi connectivity index (χ0) is 20.8. The Morgan fingerprint density at radius 1 is 0.931 bits per heavy atom. The monoisotopic (exact) mass is 410 g/mol. The van der Waals surface area contributed by atoms with E-state index in [0.717, 1.165) is 0 Å². The molecule has 1 aromatic heterocycles. The quantitative estimate of drug-likeness (QED) is 0.348. The van der Waals surface area contributed by atoms with E-state index in [1.165, 1.54) is 31.8 Å². The highest BCUT2D eigenvalue weighted by Gasteiger charge is 2.34. The molecule has 0 saturated heterocycles. The van der Waals surface area contributed by atoms with E-state index in [1.807, 2.05) is 0 Å². The van der Waals surface area contributed by atoms with Crippen molar-refractivity contribution in [2.75, 3.05) is 19.5 Å². The van der Waals surface area contributed by atoms with Gasteiger partial charge in [0, 0.05) is 17.1 Å². The molecule has 8 heteroatoms. The third-order valence-electron chi connectivity index (χ3n) is 4.22. The molecule has 1 atom stereocenters. The second kappa shape index (κ2) is 9.11. The smallest absolute Gasteiger partial charge is 0.294 e. The fourth-order valence-corrected chi connectivity index (χ4v) is 3.24. The van der Waals surface area contributed by atoms with Crippen LogP contribution in [0, 0.1) is 0 Å². The van der Waals surface area contributed by atoms with Crippen molar-refractivity contribution in [3.05, 3.63) is 71.2 Å². The maximum atomic E-state index is 13.2. The van der Waals surface area contributed by atoms with Gasteiger partial charge in [-0.15, -0.1) is 11.3 Å². The number of ether oxygens (including phenoxy) is 2. The average molecular weight is 410 g/mol. The van der Waals surface area contributed by atoms with E-state index in [9.17, 15) is 14.4 Å². The van der Waals surface area contributed by atoms with Crippen LogP contribution in [0.5, 0.6) is 11.5 Å². The van der Waals surface area contributed by atoms with Gasteiger partial charge in [-0.25, -0.2) is 4.98 Å². The Hall–Kier alpha value is -3.52. The number of Topliss-reactive ketones (excluding diaryl/α,β-unsaturated/α-hetero) is 2. The van der Waals surface area contributed by atoms with Crippen molar-refractivity contribution >= 4 is 33.9 Å². The molecule has 1 heterocycles. The number of benzene rings is 2. The normalized spacial score (nSPS) is 11.4. The highest BCUT2D eigenvalue weighted by molar-refractivity contribution is 7.13. The molecule has 0 spiro atoms. The third-order valence-corrected chi connectivity index (χ3v) is 4.91. The van der Waals surface area contributed by atoms with Crippen LogP contribution in [-0.2, 0) is 9.59 Å². The number of carbonyl (C=O) groups excluding carboxylic acids is 3. The van der Waals surface area contributed by atoms with Gasteiger partial charge in [-0.2, -0.15) is 0 Å². The summed E-state index contributed by atoms with van der Waals surface area (Å²) in [7, 11) is 3.03. The molecule has 7 nitrogen and oxygen atoms in total. The minimum atomic E-state index is -1.30. The number of hydrogen-bond acceptors (Lipinski definition) is 7. The van der Waals surface area contributed by atoms with E-state index < -0.39 is 23.4 Å². The van der Waals surface area contributed by atoms with Gasteiger partial charge in [0.15, 0.2) is 10.9 Å². The predicted molar refractivity (Wildman–Crippen MR) is 109 cm³/mol. The molecule has 0 bridgehead atoms. The molecule has 0 saturated carbocycles. The number of ketones is 2. The number of anilines is 1. The van der Waals surface area contributed by atoms with E-state index >= 15 is 0 Å². The molecule has 1 N–H and O–H groups in total. The van der Waals surface area contributed by atoms with Gasteiger partial charge < -0.3 is 9.47 Å². The molecule has 0 aliphatic carbocycles. The molecule has 2 aromatic carbocycles. The number of rotatable bonds is 8. The van der Waals surface area contributed by atoms with Crippen molar-refractivity contribution in [3.8, 4) is 11.5 Å². The highest BCUT2D eigenvalue weighted by Crippen LogP contribution is 2.26. The van der Waals surface area contributed by atoms with Gasteiger partial charge in [0.1, 0.15) is 17.4 Å². The van der Waals surface area contributed by atoms with Crippen LogP contribution < -0.4 is 14.8 Å². The Balaban J connectivity index is 1.94. The largest absolute Gasteiger partial charge is 0.497 e. The van der Waals surface area contributed by atoms with Gasteiger partial charge in [-0.05, 0) is 42.0 Å². The van der Waals surface area contributed by atoms with Crippen LogP contribution in [0.2, 0.25) is 0 Å². The van der Waals surface area contributed by atoms with E-state index in [0.29, 0.717) is 22.6 Å². The fourth-order valence-electron chi connectivity index (χ4n) is 2.72. The lowest BCUT2D eigenvalue weighted by molar-refractivity contribution is -0.135. The van der Waals surface area contributed by atoms with Gasteiger partial charge in [0.25, 0.3) is 5.91 Å². The third kappa shape index (κ3) is 4.67. The van der Waals surface area contributed by atoms with Crippen molar-refractivity contribution in [1.82, 2.24) is 4.98 Å². The van der Waals surface area contributed by atoms with Crippen LogP contribution >= 0.6 is 11.3 Å². The summed E-state index contributed by atoms with van der Waals surface area (Å²) in [6.07, 6.45) is 1.51. The maximum Gasteiger partial charge on any atom is 0.294 e. The number of nitrogens with one attached hydrogen (secondary N) is 1. The van der Waals surface area contributed by atoms with Crippen molar-refractivity contribution in [2.45, 2.75) is 5.92 Å². The average Bonchev–Trinajstić information content (AvgIpc) is 3.27. The summed E-state index contributed by atoms with van der Waals surface area (Å²) in [6.45, 7) is 0. The minimum Gasteiger partial charge on any atom is -0.497 e. The van der Waals surface area contributed by atoms with Gasteiger partial charge >= 0.3 is 0 Å². The van der Waals surface area contributed by atoms with E-state index in [1.54, 1.807) is 53.9 Å². The lowest BCUT2D eigenvalue weighted by atomic mass is 9.86. The lowest BCUT2D eigenvalue weighted by Gasteiger charge is -2.15. The number of carbonyl (C=O) groups is 3. The summed E-state index contributed by atoms with van der Waals surface area (Å²) in [4.78, 5) is 42.5. The summed E-state index contributed by atoms with van der Waals surface area (Å²) < 4.78 is 10.2. The molecule has 3 rings (SSSR count). The zero-order valence-corrected chi connectivity index (χ0v) is 16.6. The van der Waals surface area contributed by atoms with Crippen molar-refractivity contribution < 1.29 is 23.9 Å². The van der Waals surface area contributed by atoms with Crippen LogP contribution in [0.4, 0.5) is 5.13 Å². The van der Waals surface area contributed by atoms with Gasteiger partial charge in [0.2, 0.25) is 5.78 Å². The summed E-state index contributed by atoms with van der Waals surface area (Å²) in [5.41, 5.74) is 0.688. The highest BCUT2D eigenvalue weighted by atomic mass is 32.1. The predicted octanol–water partition coefficient (Wildman–Crippen LogP) is 3.33. The summed E-state index contributed by atoms with van der Waals surface area (Å²) in [6, 6.07) is 12.8. The summed E-state index contributed by atoms with van der Waals surface area (Å²) in [5.74, 6) is -2.40. The fraction of sp³-hybridized carbons (Fsp3) is 0.143. The SMILES string of the molecule is COc1ccc(C(=O)C(C(=O)C(=O)Nc2nccs2)c2ccc(OC)cc2)cc1. The molecule has 3 aromatic rings. The molecule has 29 heavy (non-hydrogen) atoms. The number of hydrogen-bond donors (Lipinski definition) is 1. The Labute approximate surface area is 171 Å². The first kappa shape index (κ1) is 20.2. The van der Waals surface area contributed by atoms with Crippen molar-refractivity contribution in [2.24, 2.45) is 0 Å². The van der Waals surface area contributed by atoms with Crippen LogP contribution in [0.3, 0.4) is 0 Å². The molecular formula is C21H18N2O5S. The molecule has 0 aliphatic heterocycles. The Bertz CT molecular complexity index is 999. The van der Waals surface area contributed by atoms with E-state index in [-0.39, 0.29) is 5.13 Å². The zero-order valence-electron chi connectivity index (χ0n) is 15.7. The molecular weight excluding hydrogens is 392 g/mol. The minimum absolute atomic E-state index is 0.286. The summed E-state index contributed by atoms with van der Waals surface area (Å²) >= 11 is 1.18. The standard InChI is InChI=1S/C21H18N2O5S/c1-27-15-7-3-13(4-8-15)17(18(24)14-5-9-16(28-2)10-6-14)19(25)20(26)23-21-22-11-12-29-21/h3-12,17H,1-2H3,(H,22,23,26). The number of aromatic nitrogens is 1. The molecule has 0 aliphatic rings. The molecule has 0 radical (unpaired) electrons. The second-order valence-corrected chi connectivity index (χ2v) is 6.85. The number of nitrogens with zero attached hydrogens (tertiary/aromatic N) is 1. The number of amides is 1. The first-order valence-electron chi connectivity index (χ1n) is 8.60. The molecule has 0 fully saturated rings. The number of thiazole rings is 1. The van der Waals surface area contributed by atoms with Crippen LogP contribution in [-0.4, -0.2) is 36.7 Å². The Morgan fingerprint density at radius 2 is 1.52 bits per heavy atom. The molecule has 1 unspecified atom stereocenters. The second-order valence-electron chi connectivity index (χ2n) is 5.95. The van der Waals surface area contributed by atoms with Crippen LogP contribution in [0.1, 0.15) is 21.8 Å². The van der Waals surface area contributed by atoms with Crippen LogP contribution in [0.15, 0.2) is 60.1 Å². The topological polar surface area (TPSA) is 94.6 Å². The number of methoxy groups -OCH3 is 2. The van der Waals surface area contributed by atoms with Crippen molar-refractivity contribution in [3.63, 3.8) is 0 Å². The molecule has 1 amide bonds. The van der Waals surface area contributed by atoms with E-state index in [2.05, 4.69) is 10.3 Å². The van der Waals surface area contributed by atoms with Gasteiger partial charge in [-0.1, -0.05) is 12.1 Å². The van der Waals surface area contributed by atoms with Gasteiger partial charge in [0.05, 0.1) is 14.2 Å². The molecule has 148 valence electrons. The van der Waals surface area contributed by atoms with Crippen LogP contribution in [0.25, 0.3) is 0 Å². The maximum absolute atomic E-state index is 13.2. The van der Waals surface area contributed by atoms with Gasteiger partial charge in [-0.3, -0.25) is 19.7 Å². The lowest BCUT2D eigenvalue weighted by Crippen LogP contribution is -2.32. The Kier molecular flexibility index (Phi) is 6.36. The van der Waals surface area contributed by atoms with E-state index in [4.69, 9.17) is 9.47 Å².